The van der Waals surface area contributed by atoms with Gasteiger partial charge in [0, 0.05) is 6.04 Å². The van der Waals surface area contributed by atoms with Gasteiger partial charge in [0.1, 0.15) is 18.3 Å². The van der Waals surface area contributed by atoms with Crippen LogP contribution in [-0.4, -0.2) is 20.8 Å². The number of halogens is 1. The minimum Gasteiger partial charge on any atom is -0.381 e. The van der Waals surface area contributed by atoms with Gasteiger partial charge in [-0.05, 0) is 25.5 Å². The molecule has 0 aliphatic heterocycles. The van der Waals surface area contributed by atoms with Crippen molar-refractivity contribution in [2.75, 3.05) is 5.32 Å². The molecule has 2 rings (SSSR count). The van der Waals surface area contributed by atoms with Crippen molar-refractivity contribution in [2.45, 2.75) is 52.0 Å². The number of hydrogen-bond donors (Lipinski definition) is 1. The Kier molecular flexibility index (Phi) is 6.05. The summed E-state index contributed by atoms with van der Waals surface area (Å²) >= 11 is 6.32. The van der Waals surface area contributed by atoms with Gasteiger partial charge in [0.15, 0.2) is 0 Å². The highest BCUT2D eigenvalue weighted by Gasteiger charge is 2.12. The quantitative estimate of drug-likeness (QED) is 0.719. The lowest BCUT2D eigenvalue weighted by molar-refractivity contribution is 0.593. The molecule has 5 heteroatoms. The van der Waals surface area contributed by atoms with Gasteiger partial charge in [-0.25, -0.2) is 9.67 Å². The average molecular weight is 307 g/mol. The van der Waals surface area contributed by atoms with Crippen molar-refractivity contribution in [3.63, 3.8) is 0 Å². The van der Waals surface area contributed by atoms with Crippen LogP contribution in [0.4, 0.5) is 5.69 Å². The van der Waals surface area contributed by atoms with E-state index in [4.69, 9.17) is 11.6 Å². The van der Waals surface area contributed by atoms with Crippen LogP contribution in [0.3, 0.4) is 0 Å². The van der Waals surface area contributed by atoms with Crippen LogP contribution in [0.5, 0.6) is 0 Å². The van der Waals surface area contributed by atoms with Gasteiger partial charge in [0.05, 0.1) is 10.7 Å². The zero-order valence-corrected chi connectivity index (χ0v) is 13.5. The van der Waals surface area contributed by atoms with Crippen LogP contribution >= 0.6 is 11.6 Å². The van der Waals surface area contributed by atoms with Crippen molar-refractivity contribution in [2.24, 2.45) is 0 Å². The van der Waals surface area contributed by atoms with E-state index in [1.165, 1.54) is 32.0 Å². The van der Waals surface area contributed by atoms with E-state index in [-0.39, 0.29) is 0 Å². The van der Waals surface area contributed by atoms with Crippen LogP contribution in [0.15, 0.2) is 30.9 Å². The van der Waals surface area contributed by atoms with Gasteiger partial charge in [0.25, 0.3) is 0 Å². The van der Waals surface area contributed by atoms with Crippen molar-refractivity contribution in [1.82, 2.24) is 14.8 Å². The van der Waals surface area contributed by atoms with Crippen molar-refractivity contribution in [1.29, 1.82) is 0 Å². The fourth-order valence-corrected chi connectivity index (χ4v) is 2.66. The average Bonchev–Trinajstić information content (AvgIpc) is 2.97. The molecule has 0 radical (unpaired) electrons. The zero-order chi connectivity index (χ0) is 15.1. The van der Waals surface area contributed by atoms with Crippen LogP contribution in [0.2, 0.25) is 5.02 Å². The van der Waals surface area contributed by atoms with Crippen LogP contribution < -0.4 is 5.32 Å². The molecule has 0 saturated heterocycles. The molecule has 21 heavy (non-hydrogen) atoms. The monoisotopic (exact) mass is 306 g/mol. The lowest BCUT2D eigenvalue weighted by atomic mass is 10.1. The molecular formula is C16H23ClN4. The second-order valence-electron chi connectivity index (χ2n) is 5.37. The largest absolute Gasteiger partial charge is 0.381 e. The summed E-state index contributed by atoms with van der Waals surface area (Å²) in [5.41, 5.74) is 1.85. The topological polar surface area (TPSA) is 42.7 Å². The second-order valence-corrected chi connectivity index (χ2v) is 5.78. The lowest BCUT2D eigenvalue weighted by Gasteiger charge is -2.18. The summed E-state index contributed by atoms with van der Waals surface area (Å²) in [6.45, 7) is 4.44. The molecule has 0 aliphatic rings. The van der Waals surface area contributed by atoms with Crippen molar-refractivity contribution < 1.29 is 0 Å². The minimum atomic E-state index is 0.405. The molecule has 0 bridgehead atoms. The van der Waals surface area contributed by atoms with Gasteiger partial charge in [-0.15, -0.1) is 0 Å². The first-order valence-electron chi connectivity index (χ1n) is 7.62. The molecule has 2 aromatic rings. The number of anilines is 1. The van der Waals surface area contributed by atoms with E-state index >= 15 is 0 Å². The number of nitrogens with one attached hydrogen (secondary N) is 1. The van der Waals surface area contributed by atoms with Crippen molar-refractivity contribution >= 4 is 17.3 Å². The molecule has 0 spiro atoms. The molecule has 4 nitrogen and oxygen atoms in total. The summed E-state index contributed by atoms with van der Waals surface area (Å²) in [4.78, 5) is 4.00. The Morgan fingerprint density at radius 1 is 1.29 bits per heavy atom. The van der Waals surface area contributed by atoms with Gasteiger partial charge in [-0.1, -0.05) is 50.3 Å². The molecule has 0 saturated carbocycles. The standard InChI is InChI=1S/C16H23ClN4/c1-3-4-5-6-8-13(2)20-15-10-7-9-14(17)16(15)21-12-18-11-19-21/h7,9-13,20H,3-6,8H2,1-2H3. The molecule has 1 aromatic heterocycles. The molecular weight excluding hydrogens is 284 g/mol. The fourth-order valence-electron chi connectivity index (χ4n) is 2.40. The summed E-state index contributed by atoms with van der Waals surface area (Å²) in [5.74, 6) is 0. The number of para-hydroxylation sites is 1. The number of unbranched alkanes of at least 4 members (excludes halogenated alkanes) is 3. The van der Waals surface area contributed by atoms with Crippen molar-refractivity contribution in [3.05, 3.63) is 35.9 Å². The van der Waals surface area contributed by atoms with Gasteiger partial charge < -0.3 is 5.32 Å². The summed E-state index contributed by atoms with van der Waals surface area (Å²) < 4.78 is 1.70. The van der Waals surface area contributed by atoms with E-state index in [0.717, 1.165) is 17.8 Å². The van der Waals surface area contributed by atoms with Gasteiger partial charge in [0.2, 0.25) is 0 Å². The Morgan fingerprint density at radius 2 is 2.14 bits per heavy atom. The number of benzene rings is 1. The van der Waals surface area contributed by atoms with E-state index in [1.807, 2.05) is 18.2 Å². The van der Waals surface area contributed by atoms with E-state index in [1.54, 1.807) is 11.0 Å². The predicted octanol–water partition coefficient (Wildman–Crippen LogP) is 4.69. The molecule has 0 aliphatic carbocycles. The van der Waals surface area contributed by atoms with E-state index in [0.29, 0.717) is 11.1 Å². The Bertz CT molecular complexity index is 539. The van der Waals surface area contributed by atoms with Crippen LogP contribution in [-0.2, 0) is 0 Å². The number of nitrogens with zero attached hydrogens (tertiary/aromatic N) is 3. The van der Waals surface area contributed by atoms with E-state index < -0.39 is 0 Å². The van der Waals surface area contributed by atoms with Crippen LogP contribution in [0.25, 0.3) is 5.69 Å². The summed E-state index contributed by atoms with van der Waals surface area (Å²) in [5, 5.41) is 8.40. The first kappa shape index (κ1) is 15.8. The van der Waals surface area contributed by atoms with Gasteiger partial charge >= 0.3 is 0 Å². The Morgan fingerprint density at radius 3 is 2.86 bits per heavy atom. The Balaban J connectivity index is 2.05. The lowest BCUT2D eigenvalue weighted by Crippen LogP contribution is -2.16. The maximum atomic E-state index is 6.32. The SMILES string of the molecule is CCCCCCC(C)Nc1cccc(Cl)c1-n1cncn1. The first-order valence-corrected chi connectivity index (χ1v) is 8.00. The number of rotatable bonds is 8. The Hall–Kier alpha value is -1.55. The minimum absolute atomic E-state index is 0.405. The highest BCUT2D eigenvalue weighted by Crippen LogP contribution is 2.28. The third-order valence-corrected chi connectivity index (χ3v) is 3.83. The predicted molar refractivity (Wildman–Crippen MR) is 88.2 cm³/mol. The first-order chi connectivity index (χ1) is 10.2. The van der Waals surface area contributed by atoms with E-state index in [9.17, 15) is 0 Å². The third-order valence-electron chi connectivity index (χ3n) is 3.53. The summed E-state index contributed by atoms with van der Waals surface area (Å²) in [7, 11) is 0. The summed E-state index contributed by atoms with van der Waals surface area (Å²) in [6.07, 6.45) is 9.47. The number of aromatic nitrogens is 3. The molecule has 0 amide bonds. The van der Waals surface area contributed by atoms with Gasteiger partial charge in [-0.2, -0.15) is 5.10 Å². The van der Waals surface area contributed by atoms with Crippen LogP contribution in [0, 0.1) is 0 Å². The normalized spacial score (nSPS) is 12.3. The fraction of sp³-hybridized carbons (Fsp3) is 0.500. The molecule has 114 valence electrons. The van der Waals surface area contributed by atoms with Gasteiger partial charge in [-0.3, -0.25) is 0 Å². The molecule has 1 N–H and O–H groups in total. The van der Waals surface area contributed by atoms with E-state index in [2.05, 4.69) is 29.2 Å². The maximum absolute atomic E-state index is 6.32. The summed E-state index contributed by atoms with van der Waals surface area (Å²) in [6, 6.07) is 6.26. The van der Waals surface area contributed by atoms with Crippen LogP contribution in [0.1, 0.15) is 46.0 Å². The smallest absolute Gasteiger partial charge is 0.138 e. The maximum Gasteiger partial charge on any atom is 0.138 e. The molecule has 1 unspecified atom stereocenters. The second kappa shape index (κ2) is 8.03. The molecule has 1 atom stereocenters. The molecule has 0 fully saturated rings. The Labute approximate surface area is 131 Å². The highest BCUT2D eigenvalue weighted by molar-refractivity contribution is 6.33. The highest BCUT2D eigenvalue weighted by atomic mass is 35.5. The van der Waals surface area contributed by atoms with Crippen molar-refractivity contribution in [3.8, 4) is 5.69 Å². The number of hydrogen-bond acceptors (Lipinski definition) is 3. The molecule has 1 heterocycles. The molecule has 1 aromatic carbocycles. The zero-order valence-electron chi connectivity index (χ0n) is 12.7. The third kappa shape index (κ3) is 4.46.